The Bertz CT molecular complexity index is 729. The van der Waals surface area contributed by atoms with Gasteiger partial charge in [0, 0.05) is 12.5 Å². The number of carbonyl (C=O) groups is 1. The average Bonchev–Trinajstić information content (AvgIpc) is 3.09. The van der Waals surface area contributed by atoms with E-state index in [9.17, 15) is 9.90 Å². The average molecular weight is 326 g/mol. The first-order valence-electron chi connectivity index (χ1n) is 7.87. The minimum absolute atomic E-state index is 0.156. The Labute approximate surface area is 141 Å². The quantitative estimate of drug-likeness (QED) is 0.854. The molecule has 1 aromatic carbocycles. The van der Waals surface area contributed by atoms with Gasteiger partial charge in [0.25, 0.3) is 0 Å². The smallest absolute Gasteiger partial charge is 0.230 e. The molecule has 0 bridgehead atoms. The zero-order valence-electron chi connectivity index (χ0n) is 14.1. The number of amides is 1. The largest absolute Gasteiger partial charge is 0.467 e. The molecule has 5 nitrogen and oxygen atoms in total. The molecule has 0 radical (unpaired) electrons. The third-order valence-electron chi connectivity index (χ3n) is 4.11. The summed E-state index contributed by atoms with van der Waals surface area (Å²) in [7, 11) is 0. The predicted molar refractivity (Wildman–Crippen MR) is 90.1 cm³/mol. The van der Waals surface area contributed by atoms with Gasteiger partial charge in [-0.1, -0.05) is 12.1 Å². The molecule has 0 aliphatic carbocycles. The Morgan fingerprint density at radius 3 is 2.75 bits per heavy atom. The number of furan rings is 1. The number of hydrogen-bond donors (Lipinski definition) is 2. The molecule has 0 spiro atoms. The van der Waals surface area contributed by atoms with Crippen molar-refractivity contribution in [2.24, 2.45) is 0 Å². The van der Waals surface area contributed by atoms with Crippen LogP contribution in [-0.2, 0) is 10.2 Å². The van der Waals surface area contributed by atoms with Gasteiger partial charge in [0.05, 0.1) is 23.3 Å². The van der Waals surface area contributed by atoms with Gasteiger partial charge in [-0.3, -0.25) is 4.79 Å². The second-order valence-corrected chi connectivity index (χ2v) is 6.46. The third kappa shape index (κ3) is 4.03. The fourth-order valence-electron chi connectivity index (χ4n) is 2.50. The number of rotatable bonds is 6. The maximum absolute atomic E-state index is 12.6. The van der Waals surface area contributed by atoms with Gasteiger partial charge in [-0.05, 0) is 50.6 Å². The number of nitrogens with one attached hydrogen (secondary N) is 1. The van der Waals surface area contributed by atoms with E-state index in [0.717, 1.165) is 5.56 Å². The van der Waals surface area contributed by atoms with Crippen LogP contribution in [0.5, 0.6) is 0 Å². The van der Waals surface area contributed by atoms with E-state index < -0.39 is 11.5 Å². The van der Waals surface area contributed by atoms with Gasteiger partial charge < -0.3 is 14.8 Å². The van der Waals surface area contributed by atoms with Crippen molar-refractivity contribution < 1.29 is 14.3 Å². The molecular weight excluding hydrogens is 304 g/mol. The normalized spacial score (nSPS) is 13.8. The van der Waals surface area contributed by atoms with Crippen molar-refractivity contribution in [3.05, 3.63) is 59.5 Å². The van der Waals surface area contributed by atoms with Crippen LogP contribution < -0.4 is 5.32 Å². The van der Waals surface area contributed by atoms with Crippen LogP contribution in [0.25, 0.3) is 0 Å². The van der Waals surface area contributed by atoms with Gasteiger partial charge in [-0.15, -0.1) is 0 Å². The third-order valence-corrected chi connectivity index (χ3v) is 4.11. The first-order chi connectivity index (χ1) is 11.3. The summed E-state index contributed by atoms with van der Waals surface area (Å²) >= 11 is 0. The highest BCUT2D eigenvalue weighted by Crippen LogP contribution is 2.25. The maximum atomic E-state index is 12.6. The topological polar surface area (TPSA) is 86.3 Å². The standard InChI is InChI=1S/C19H22N2O3/c1-13(10-16(22)17-8-5-9-24-17)21-18(23)19(2,3)15-7-4-6-14(11-15)12-20/h4-9,11,13,16,22H,10H2,1-3H3,(H,21,23). The van der Waals surface area contributed by atoms with Crippen molar-refractivity contribution in [1.29, 1.82) is 5.26 Å². The van der Waals surface area contributed by atoms with Gasteiger partial charge in [-0.25, -0.2) is 0 Å². The van der Waals surface area contributed by atoms with Crippen LogP contribution in [0.1, 0.15) is 50.2 Å². The molecule has 0 saturated carbocycles. The van der Waals surface area contributed by atoms with Crippen molar-refractivity contribution in [3.63, 3.8) is 0 Å². The highest BCUT2D eigenvalue weighted by Gasteiger charge is 2.31. The summed E-state index contributed by atoms with van der Waals surface area (Å²) in [5, 5.41) is 22.0. The lowest BCUT2D eigenvalue weighted by atomic mass is 9.82. The van der Waals surface area contributed by atoms with E-state index in [-0.39, 0.29) is 11.9 Å². The molecule has 0 aliphatic heterocycles. The van der Waals surface area contributed by atoms with E-state index in [1.807, 2.05) is 26.8 Å². The molecule has 2 atom stereocenters. The summed E-state index contributed by atoms with van der Waals surface area (Å²) < 4.78 is 5.17. The van der Waals surface area contributed by atoms with E-state index >= 15 is 0 Å². The van der Waals surface area contributed by atoms with Crippen LogP contribution in [0, 0.1) is 11.3 Å². The fourth-order valence-corrected chi connectivity index (χ4v) is 2.50. The summed E-state index contributed by atoms with van der Waals surface area (Å²) in [6, 6.07) is 12.3. The number of benzene rings is 1. The van der Waals surface area contributed by atoms with Crippen molar-refractivity contribution >= 4 is 5.91 Å². The van der Waals surface area contributed by atoms with Crippen molar-refractivity contribution in [2.45, 2.75) is 44.8 Å². The van der Waals surface area contributed by atoms with Crippen molar-refractivity contribution in [2.75, 3.05) is 0 Å². The molecule has 126 valence electrons. The second-order valence-electron chi connectivity index (χ2n) is 6.46. The summed E-state index contributed by atoms with van der Waals surface area (Å²) in [4.78, 5) is 12.6. The molecule has 2 N–H and O–H groups in total. The Hall–Kier alpha value is -2.58. The van der Waals surface area contributed by atoms with Crippen LogP contribution in [-0.4, -0.2) is 17.1 Å². The summed E-state index contributed by atoms with van der Waals surface area (Å²) in [6.07, 6.45) is 1.10. The molecule has 1 heterocycles. The lowest BCUT2D eigenvalue weighted by molar-refractivity contribution is -0.126. The molecule has 1 amide bonds. The summed E-state index contributed by atoms with van der Waals surface area (Å²) in [6.45, 7) is 5.47. The van der Waals surface area contributed by atoms with Gasteiger partial charge in [0.2, 0.25) is 5.91 Å². The molecule has 2 unspecified atom stereocenters. The Morgan fingerprint density at radius 1 is 1.38 bits per heavy atom. The van der Waals surface area contributed by atoms with Gasteiger partial charge in [0.15, 0.2) is 0 Å². The van der Waals surface area contributed by atoms with E-state index in [2.05, 4.69) is 11.4 Å². The van der Waals surface area contributed by atoms with Crippen molar-refractivity contribution in [3.8, 4) is 6.07 Å². The SMILES string of the molecule is CC(CC(O)c1ccco1)NC(=O)C(C)(C)c1cccc(C#N)c1. The monoisotopic (exact) mass is 326 g/mol. The number of nitrogens with zero attached hydrogens (tertiary/aromatic N) is 1. The van der Waals surface area contributed by atoms with Crippen LogP contribution >= 0.6 is 0 Å². The van der Waals surface area contributed by atoms with E-state index in [1.54, 1.807) is 30.3 Å². The first-order valence-corrected chi connectivity index (χ1v) is 7.87. The number of hydrogen-bond acceptors (Lipinski definition) is 4. The number of carbonyl (C=O) groups excluding carboxylic acids is 1. The summed E-state index contributed by atoms with van der Waals surface area (Å²) in [5.41, 5.74) is 0.518. The Morgan fingerprint density at radius 2 is 2.12 bits per heavy atom. The minimum atomic E-state index is -0.781. The zero-order valence-corrected chi connectivity index (χ0v) is 14.1. The highest BCUT2D eigenvalue weighted by atomic mass is 16.4. The molecule has 0 aliphatic rings. The maximum Gasteiger partial charge on any atom is 0.230 e. The molecular formula is C19H22N2O3. The predicted octanol–water partition coefficient (Wildman–Crippen LogP) is 3.06. The number of aliphatic hydroxyl groups excluding tert-OH is 1. The van der Waals surface area contributed by atoms with Crippen LogP contribution in [0.4, 0.5) is 0 Å². The lowest BCUT2D eigenvalue weighted by Gasteiger charge is -2.27. The number of nitriles is 1. The van der Waals surface area contributed by atoms with Gasteiger partial charge in [0.1, 0.15) is 11.9 Å². The second kappa shape index (κ2) is 7.33. The molecule has 1 aromatic heterocycles. The molecule has 0 fully saturated rings. The van der Waals surface area contributed by atoms with Crippen molar-refractivity contribution in [1.82, 2.24) is 5.32 Å². The van der Waals surface area contributed by atoms with Gasteiger partial charge in [-0.2, -0.15) is 5.26 Å². The number of aliphatic hydroxyl groups is 1. The highest BCUT2D eigenvalue weighted by molar-refractivity contribution is 5.87. The summed E-state index contributed by atoms with van der Waals surface area (Å²) in [5.74, 6) is 0.328. The fraction of sp³-hybridized carbons (Fsp3) is 0.368. The Kier molecular flexibility index (Phi) is 5.42. The molecule has 0 saturated heterocycles. The molecule has 24 heavy (non-hydrogen) atoms. The van der Waals surface area contributed by atoms with E-state index in [0.29, 0.717) is 17.7 Å². The van der Waals surface area contributed by atoms with Crippen LogP contribution in [0.2, 0.25) is 0 Å². The molecule has 2 rings (SSSR count). The Balaban J connectivity index is 2.03. The van der Waals surface area contributed by atoms with E-state index in [4.69, 9.17) is 9.68 Å². The van der Waals surface area contributed by atoms with Gasteiger partial charge >= 0.3 is 0 Å². The molecule has 2 aromatic rings. The van der Waals surface area contributed by atoms with Crippen LogP contribution in [0.3, 0.4) is 0 Å². The minimum Gasteiger partial charge on any atom is -0.467 e. The molecule has 5 heteroatoms. The zero-order chi connectivity index (χ0) is 17.7. The van der Waals surface area contributed by atoms with E-state index in [1.165, 1.54) is 6.26 Å². The lowest BCUT2D eigenvalue weighted by Crippen LogP contribution is -2.44. The first kappa shape index (κ1) is 17.8. The van der Waals surface area contributed by atoms with Crippen LogP contribution in [0.15, 0.2) is 47.1 Å².